The molecule has 1 rings (SSSR count). The van der Waals surface area contributed by atoms with Gasteiger partial charge in [0.1, 0.15) is 4.90 Å². The van der Waals surface area contributed by atoms with Crippen molar-refractivity contribution in [3.63, 3.8) is 0 Å². The van der Waals surface area contributed by atoms with E-state index in [1.807, 2.05) is 0 Å². The summed E-state index contributed by atoms with van der Waals surface area (Å²) in [7, 11) is -5.85. The van der Waals surface area contributed by atoms with Crippen molar-refractivity contribution in [1.82, 2.24) is 8.43 Å². The Bertz CT molecular complexity index is 607. The molecule has 9 heteroatoms. The molecule has 7 nitrogen and oxygen atoms in total. The smallest absolute Gasteiger partial charge is 0.292 e. The van der Waals surface area contributed by atoms with Crippen LogP contribution < -0.4 is 9.86 Å². The number of para-hydroxylation sites is 1. The normalized spacial score (nSPS) is 12.9. The summed E-state index contributed by atoms with van der Waals surface area (Å²) in [5.41, 5.74) is 5.45. The molecule has 1 aromatic rings. The van der Waals surface area contributed by atoms with E-state index >= 15 is 0 Å². The van der Waals surface area contributed by atoms with Crippen molar-refractivity contribution < 1.29 is 16.8 Å². The Kier molecular flexibility index (Phi) is 3.77. The second kappa shape index (κ2) is 4.61. The molecule has 0 aromatic heterocycles. The standard InChI is InChI=1S/C8H13N3O4S2/c1-11(2)17(14,15)10-16(12,13)8-6-4-3-5-7(8)9/h3-6,10H,9H2,1-2H3. The van der Waals surface area contributed by atoms with Crippen LogP contribution in [0, 0.1) is 0 Å². The number of nitrogen functional groups attached to an aromatic ring is 1. The highest BCUT2D eigenvalue weighted by atomic mass is 32.3. The van der Waals surface area contributed by atoms with Crippen LogP contribution in [0.4, 0.5) is 5.69 Å². The summed E-state index contributed by atoms with van der Waals surface area (Å²) in [6, 6.07) is 5.60. The molecule has 0 aliphatic carbocycles. The van der Waals surface area contributed by atoms with Gasteiger partial charge in [-0.05, 0) is 12.1 Å². The summed E-state index contributed by atoms with van der Waals surface area (Å²) in [5, 5.41) is 0. The first kappa shape index (κ1) is 13.9. The average molecular weight is 279 g/mol. The van der Waals surface area contributed by atoms with Gasteiger partial charge in [-0.2, -0.15) is 12.7 Å². The van der Waals surface area contributed by atoms with E-state index in [0.717, 1.165) is 4.31 Å². The first-order chi connectivity index (χ1) is 7.67. The largest absolute Gasteiger partial charge is 0.398 e. The van der Waals surface area contributed by atoms with Crippen LogP contribution in [0.5, 0.6) is 0 Å². The number of nitrogens with one attached hydrogen (secondary N) is 1. The molecule has 0 heterocycles. The maximum Gasteiger partial charge on any atom is 0.292 e. The van der Waals surface area contributed by atoms with Gasteiger partial charge in [0, 0.05) is 14.1 Å². The number of hydrogen-bond donors (Lipinski definition) is 2. The van der Waals surface area contributed by atoms with E-state index in [2.05, 4.69) is 0 Å². The first-order valence-corrected chi connectivity index (χ1v) is 7.40. The maximum absolute atomic E-state index is 11.8. The minimum Gasteiger partial charge on any atom is -0.398 e. The fourth-order valence-corrected chi connectivity index (χ4v) is 3.68. The van der Waals surface area contributed by atoms with Gasteiger partial charge in [-0.15, -0.1) is 0 Å². The summed E-state index contributed by atoms with van der Waals surface area (Å²) in [4.78, 5) is -0.273. The molecule has 0 bridgehead atoms. The summed E-state index contributed by atoms with van der Waals surface area (Å²) in [6.07, 6.45) is 0. The van der Waals surface area contributed by atoms with Gasteiger partial charge in [-0.1, -0.05) is 16.3 Å². The predicted octanol–water partition coefficient (Wildman–Crippen LogP) is -0.646. The van der Waals surface area contributed by atoms with Crippen molar-refractivity contribution in [3.8, 4) is 0 Å². The molecule has 0 amide bonds. The van der Waals surface area contributed by atoms with Crippen LogP contribution in [0.25, 0.3) is 0 Å². The third-order valence-corrected chi connectivity index (χ3v) is 5.54. The third kappa shape index (κ3) is 3.16. The van der Waals surface area contributed by atoms with Crippen LogP contribution in [-0.2, 0) is 20.2 Å². The monoisotopic (exact) mass is 279 g/mol. The zero-order valence-electron chi connectivity index (χ0n) is 9.28. The highest BCUT2D eigenvalue weighted by Crippen LogP contribution is 2.17. The van der Waals surface area contributed by atoms with Crippen molar-refractivity contribution in [2.75, 3.05) is 19.8 Å². The highest BCUT2D eigenvalue weighted by Gasteiger charge is 2.25. The van der Waals surface area contributed by atoms with Crippen molar-refractivity contribution >= 4 is 25.9 Å². The maximum atomic E-state index is 11.8. The van der Waals surface area contributed by atoms with Crippen LogP contribution in [-0.4, -0.2) is 35.2 Å². The van der Waals surface area contributed by atoms with Gasteiger partial charge in [0.05, 0.1) is 5.69 Å². The van der Waals surface area contributed by atoms with E-state index in [4.69, 9.17) is 5.73 Å². The second-order valence-corrected chi connectivity index (χ2v) is 7.21. The van der Waals surface area contributed by atoms with Gasteiger partial charge in [-0.3, -0.25) is 0 Å². The molecular weight excluding hydrogens is 266 g/mol. The Labute approximate surface area is 100 Å². The van der Waals surface area contributed by atoms with Crippen molar-refractivity contribution in [1.29, 1.82) is 0 Å². The summed E-state index contributed by atoms with van der Waals surface area (Å²) in [6.45, 7) is 0. The van der Waals surface area contributed by atoms with Crippen molar-refractivity contribution in [3.05, 3.63) is 24.3 Å². The lowest BCUT2D eigenvalue weighted by Crippen LogP contribution is -2.39. The molecule has 0 unspecified atom stereocenters. The number of nitrogens with two attached hydrogens (primary N) is 1. The summed E-state index contributed by atoms with van der Waals surface area (Å²) in [5.74, 6) is 0. The Hall–Kier alpha value is -1.16. The van der Waals surface area contributed by atoms with Gasteiger partial charge < -0.3 is 5.73 Å². The van der Waals surface area contributed by atoms with E-state index < -0.39 is 20.2 Å². The molecule has 0 saturated carbocycles. The SMILES string of the molecule is CN(C)S(=O)(=O)NS(=O)(=O)c1ccccc1N. The number of nitrogens with zero attached hydrogens (tertiary/aromatic N) is 1. The molecule has 0 saturated heterocycles. The zero-order chi connectivity index (χ0) is 13.3. The second-order valence-electron chi connectivity index (χ2n) is 3.41. The molecular formula is C8H13N3O4S2. The van der Waals surface area contributed by atoms with Gasteiger partial charge >= 0.3 is 0 Å². The topological polar surface area (TPSA) is 110 Å². The van der Waals surface area contributed by atoms with Crippen molar-refractivity contribution in [2.24, 2.45) is 0 Å². The fraction of sp³-hybridized carbons (Fsp3) is 0.250. The van der Waals surface area contributed by atoms with E-state index in [1.165, 1.54) is 32.3 Å². The minimum absolute atomic E-state index is 0.0195. The third-order valence-electron chi connectivity index (χ3n) is 1.90. The van der Waals surface area contributed by atoms with Gasteiger partial charge in [0.15, 0.2) is 0 Å². The molecule has 0 spiro atoms. The molecule has 17 heavy (non-hydrogen) atoms. The molecule has 0 radical (unpaired) electrons. The lowest BCUT2D eigenvalue weighted by Gasteiger charge is -2.13. The Morgan fingerprint density at radius 2 is 1.65 bits per heavy atom. The average Bonchev–Trinajstić information content (AvgIpc) is 2.16. The van der Waals surface area contributed by atoms with Crippen LogP contribution in [0.1, 0.15) is 0 Å². The number of benzene rings is 1. The summed E-state index contributed by atoms with van der Waals surface area (Å²) >= 11 is 0. The number of hydrogen-bond acceptors (Lipinski definition) is 5. The Balaban J connectivity index is 3.20. The molecule has 3 N–H and O–H groups in total. The lowest BCUT2D eigenvalue weighted by atomic mass is 10.3. The number of anilines is 1. The van der Waals surface area contributed by atoms with E-state index in [9.17, 15) is 16.8 Å². The molecule has 0 aliphatic heterocycles. The van der Waals surface area contributed by atoms with E-state index in [0.29, 0.717) is 0 Å². The molecule has 0 fully saturated rings. The zero-order valence-corrected chi connectivity index (χ0v) is 10.9. The first-order valence-electron chi connectivity index (χ1n) is 4.47. The van der Waals surface area contributed by atoms with E-state index in [-0.39, 0.29) is 10.6 Å². The Morgan fingerprint density at radius 3 is 2.12 bits per heavy atom. The summed E-state index contributed by atoms with van der Waals surface area (Å²) < 4.78 is 48.7. The number of rotatable bonds is 4. The predicted molar refractivity (Wildman–Crippen MR) is 63.8 cm³/mol. The quantitative estimate of drug-likeness (QED) is 0.712. The van der Waals surface area contributed by atoms with Crippen LogP contribution in [0.3, 0.4) is 0 Å². The highest BCUT2D eigenvalue weighted by molar-refractivity contribution is 8.03. The van der Waals surface area contributed by atoms with Crippen LogP contribution >= 0.6 is 0 Å². The molecule has 0 atom stereocenters. The van der Waals surface area contributed by atoms with Gasteiger partial charge in [0.25, 0.3) is 20.2 Å². The molecule has 1 aromatic carbocycles. The minimum atomic E-state index is -4.20. The lowest BCUT2D eigenvalue weighted by molar-refractivity contribution is 0.514. The molecule has 0 aliphatic rings. The van der Waals surface area contributed by atoms with E-state index in [1.54, 1.807) is 10.2 Å². The van der Waals surface area contributed by atoms with Gasteiger partial charge in [-0.25, -0.2) is 8.42 Å². The van der Waals surface area contributed by atoms with Crippen LogP contribution in [0.15, 0.2) is 29.2 Å². The molecule has 96 valence electrons. The Morgan fingerprint density at radius 1 is 1.12 bits per heavy atom. The van der Waals surface area contributed by atoms with Crippen LogP contribution in [0.2, 0.25) is 0 Å². The van der Waals surface area contributed by atoms with Gasteiger partial charge in [0.2, 0.25) is 0 Å². The van der Waals surface area contributed by atoms with Crippen molar-refractivity contribution in [2.45, 2.75) is 4.90 Å². The number of sulfonamides is 1. The fourth-order valence-electron chi connectivity index (χ4n) is 0.983.